The molecule has 4 aromatic carbocycles. The average molecular weight is 699 g/mol. The maximum atomic E-state index is 15.6. The zero-order valence-corrected chi connectivity index (χ0v) is 28.5. The van der Waals surface area contributed by atoms with Crippen molar-refractivity contribution in [2.24, 2.45) is 0 Å². The molecule has 0 aliphatic rings. The van der Waals surface area contributed by atoms with E-state index in [-0.39, 0.29) is 34.0 Å². The van der Waals surface area contributed by atoms with E-state index in [1.54, 1.807) is 74.0 Å². The number of anilines is 1. The highest BCUT2D eigenvalue weighted by Crippen LogP contribution is 2.62. The summed E-state index contributed by atoms with van der Waals surface area (Å²) >= 11 is 1.04. The van der Waals surface area contributed by atoms with E-state index in [9.17, 15) is 9.18 Å². The number of ether oxygens (including phenoxy) is 2. The molecular formula is C36H32FN4O6PS. The second kappa shape index (κ2) is 14.8. The molecular weight excluding hydrogens is 666 g/mol. The molecule has 0 radical (unpaired) electrons. The quantitative estimate of drug-likeness (QED) is 0.0931. The van der Waals surface area contributed by atoms with Crippen molar-refractivity contribution in [1.29, 1.82) is 0 Å². The molecule has 1 atom stereocenters. The van der Waals surface area contributed by atoms with Gasteiger partial charge in [0.25, 0.3) is 0 Å². The second-order valence-corrected chi connectivity index (χ2v) is 13.6. The van der Waals surface area contributed by atoms with Gasteiger partial charge in [-0.05, 0) is 81.4 Å². The minimum Gasteiger partial charge on any atom is -0.462 e. The lowest BCUT2D eigenvalue weighted by Crippen LogP contribution is -2.19. The van der Waals surface area contributed by atoms with Gasteiger partial charge in [0.1, 0.15) is 27.9 Å². The van der Waals surface area contributed by atoms with Gasteiger partial charge in [-0.25, -0.2) is 23.4 Å². The molecule has 10 nitrogen and oxygen atoms in total. The Kier molecular flexibility index (Phi) is 10.1. The van der Waals surface area contributed by atoms with Crippen LogP contribution in [0.4, 0.5) is 9.52 Å². The smallest absolute Gasteiger partial charge is 0.457 e. The van der Waals surface area contributed by atoms with Crippen LogP contribution in [-0.2, 0) is 9.30 Å². The number of rotatable bonds is 13. The van der Waals surface area contributed by atoms with Crippen LogP contribution in [0, 0.1) is 19.7 Å². The minimum absolute atomic E-state index is 0.167. The Balaban J connectivity index is 1.58. The first kappa shape index (κ1) is 33.5. The van der Waals surface area contributed by atoms with Crippen LogP contribution in [0.1, 0.15) is 39.3 Å². The molecule has 2 aromatic heterocycles. The van der Waals surface area contributed by atoms with E-state index in [4.69, 9.17) is 23.6 Å². The van der Waals surface area contributed by atoms with E-state index in [0.29, 0.717) is 28.4 Å². The Bertz CT molecular complexity index is 2030. The van der Waals surface area contributed by atoms with Gasteiger partial charge in [0.05, 0.1) is 29.2 Å². The maximum absolute atomic E-state index is 15.6. The summed E-state index contributed by atoms with van der Waals surface area (Å²) in [5, 5.41) is 8.33. The van der Waals surface area contributed by atoms with E-state index >= 15 is 4.57 Å². The van der Waals surface area contributed by atoms with Crippen molar-refractivity contribution >= 4 is 30.0 Å². The molecule has 13 heteroatoms. The SMILES string of the molecule is CCOC(=O)c1sc(NC(c2c(C)nn(-c3ccccc3)c2Oc2ccc(F)cc2)P(=O)(Oc2ccccc2)Oc2ccccc2)nc1C. The number of hydrogen-bond donors (Lipinski definition) is 1. The highest BCUT2D eigenvalue weighted by molar-refractivity contribution is 7.55. The number of carbonyl (C=O) groups is 1. The summed E-state index contributed by atoms with van der Waals surface area (Å²) in [5.41, 5.74) is 1.80. The second-order valence-electron chi connectivity index (χ2n) is 10.7. The van der Waals surface area contributed by atoms with Crippen molar-refractivity contribution in [2.45, 2.75) is 26.6 Å². The Labute approximate surface area is 286 Å². The van der Waals surface area contributed by atoms with E-state index < -0.39 is 25.2 Å². The van der Waals surface area contributed by atoms with Gasteiger partial charge in [-0.15, -0.1) is 0 Å². The molecule has 2 heterocycles. The monoisotopic (exact) mass is 698 g/mol. The molecule has 0 fully saturated rings. The number of hydrogen-bond acceptors (Lipinski definition) is 10. The molecule has 250 valence electrons. The van der Waals surface area contributed by atoms with Crippen LogP contribution < -0.4 is 19.1 Å². The molecule has 1 N–H and O–H groups in total. The lowest BCUT2D eigenvalue weighted by Gasteiger charge is -2.28. The van der Waals surface area contributed by atoms with Gasteiger partial charge in [-0.3, -0.25) is 0 Å². The number of aromatic nitrogens is 3. The van der Waals surface area contributed by atoms with Gasteiger partial charge in [-0.1, -0.05) is 65.9 Å². The summed E-state index contributed by atoms with van der Waals surface area (Å²) in [5.74, 6) is -1.25. The zero-order chi connectivity index (χ0) is 34.4. The molecule has 49 heavy (non-hydrogen) atoms. The summed E-state index contributed by atoms with van der Waals surface area (Å²) in [6.07, 6.45) is 0. The molecule has 0 saturated heterocycles. The Morgan fingerprint density at radius 3 is 1.98 bits per heavy atom. The van der Waals surface area contributed by atoms with Crippen molar-refractivity contribution in [1.82, 2.24) is 14.8 Å². The Morgan fingerprint density at radius 1 is 0.837 bits per heavy atom. The Morgan fingerprint density at radius 2 is 1.41 bits per heavy atom. The number of nitrogens with one attached hydrogen (secondary N) is 1. The molecule has 0 saturated carbocycles. The summed E-state index contributed by atoms with van der Waals surface area (Å²) in [6, 6.07) is 32.1. The Hall–Kier alpha value is -5.45. The molecule has 0 spiro atoms. The number of nitrogens with zero attached hydrogens (tertiary/aromatic N) is 3. The third-order valence-corrected chi connectivity index (χ3v) is 10.2. The number of carbonyl (C=O) groups excluding carboxylic acids is 1. The van der Waals surface area contributed by atoms with Crippen LogP contribution in [0.25, 0.3) is 5.69 Å². The average Bonchev–Trinajstić information content (AvgIpc) is 3.64. The summed E-state index contributed by atoms with van der Waals surface area (Å²) < 4.78 is 55.4. The molecule has 6 rings (SSSR count). The fraction of sp³-hybridized carbons (Fsp3) is 0.139. The number of halogens is 1. The predicted octanol–water partition coefficient (Wildman–Crippen LogP) is 9.52. The first-order chi connectivity index (χ1) is 23.7. The summed E-state index contributed by atoms with van der Waals surface area (Å²) in [4.78, 5) is 17.6. The summed E-state index contributed by atoms with van der Waals surface area (Å²) in [7, 11) is -4.40. The number of thiazole rings is 1. The van der Waals surface area contributed by atoms with Gasteiger partial charge in [0, 0.05) is 0 Å². The molecule has 0 aliphatic heterocycles. The number of esters is 1. The van der Waals surface area contributed by atoms with Crippen LogP contribution in [0.2, 0.25) is 0 Å². The highest BCUT2D eigenvalue weighted by atomic mass is 32.1. The van der Waals surface area contributed by atoms with Gasteiger partial charge in [0.2, 0.25) is 5.88 Å². The van der Waals surface area contributed by atoms with Crippen molar-refractivity contribution in [3.63, 3.8) is 0 Å². The van der Waals surface area contributed by atoms with Crippen LogP contribution in [0.15, 0.2) is 115 Å². The molecule has 6 aromatic rings. The van der Waals surface area contributed by atoms with Gasteiger partial charge in [-0.2, -0.15) is 5.10 Å². The highest BCUT2D eigenvalue weighted by Gasteiger charge is 2.46. The van der Waals surface area contributed by atoms with E-state index in [1.165, 1.54) is 24.3 Å². The van der Waals surface area contributed by atoms with Crippen LogP contribution in [0.5, 0.6) is 23.1 Å². The normalized spacial score (nSPS) is 11.8. The zero-order valence-electron chi connectivity index (χ0n) is 26.8. The first-order valence-corrected chi connectivity index (χ1v) is 17.8. The van der Waals surface area contributed by atoms with Crippen molar-refractivity contribution in [3.8, 4) is 28.8 Å². The molecule has 0 aliphatic carbocycles. The van der Waals surface area contributed by atoms with Crippen LogP contribution >= 0.6 is 18.9 Å². The maximum Gasteiger partial charge on any atom is 0.457 e. The van der Waals surface area contributed by atoms with E-state index in [1.807, 2.05) is 42.5 Å². The van der Waals surface area contributed by atoms with Crippen LogP contribution in [0.3, 0.4) is 0 Å². The minimum atomic E-state index is -4.40. The van der Waals surface area contributed by atoms with Gasteiger partial charge >= 0.3 is 13.6 Å². The third-order valence-electron chi connectivity index (χ3n) is 7.15. The topological polar surface area (TPSA) is 114 Å². The van der Waals surface area contributed by atoms with Crippen molar-refractivity contribution in [3.05, 3.63) is 143 Å². The third kappa shape index (κ3) is 7.66. The first-order valence-electron chi connectivity index (χ1n) is 15.3. The van der Waals surface area contributed by atoms with E-state index in [2.05, 4.69) is 10.3 Å². The molecule has 1 unspecified atom stereocenters. The van der Waals surface area contributed by atoms with Gasteiger partial charge in [0.15, 0.2) is 10.9 Å². The number of para-hydroxylation sites is 3. The number of aryl methyl sites for hydroxylation is 2. The fourth-order valence-electron chi connectivity index (χ4n) is 4.94. The molecule has 0 bridgehead atoms. The largest absolute Gasteiger partial charge is 0.462 e. The van der Waals surface area contributed by atoms with Gasteiger partial charge < -0.3 is 23.8 Å². The lowest BCUT2D eigenvalue weighted by atomic mass is 10.2. The fourth-order valence-corrected chi connectivity index (χ4v) is 7.89. The summed E-state index contributed by atoms with van der Waals surface area (Å²) in [6.45, 7) is 5.34. The van der Waals surface area contributed by atoms with Crippen LogP contribution in [-0.4, -0.2) is 27.3 Å². The molecule has 0 amide bonds. The predicted molar refractivity (Wildman–Crippen MR) is 186 cm³/mol. The lowest BCUT2D eigenvalue weighted by molar-refractivity contribution is 0.0531. The van der Waals surface area contributed by atoms with Crippen molar-refractivity contribution < 1.29 is 32.3 Å². The van der Waals surface area contributed by atoms with Crippen molar-refractivity contribution in [2.75, 3.05) is 11.9 Å². The standard InChI is InChI=1S/C36H32FN4O6PS/c1-4-44-35(42)32-25(3)38-36(49-32)39-33(48(43,46-29-16-10-6-11-17-29)47-30-18-12-7-13-19-30)31-24(2)40-41(27-14-8-5-9-15-27)34(31)45-28-22-20-26(37)21-23-28/h5-23,33H,4H2,1-3H3,(H,38,39). The van der Waals surface area contributed by atoms with E-state index in [0.717, 1.165) is 11.3 Å². The number of benzene rings is 4.